The van der Waals surface area contributed by atoms with Crippen molar-refractivity contribution in [3.8, 4) is 11.6 Å². The van der Waals surface area contributed by atoms with Crippen LogP contribution in [-0.4, -0.2) is 49.5 Å². The summed E-state index contributed by atoms with van der Waals surface area (Å²) in [6, 6.07) is 12.2. The number of aromatic nitrogens is 10. The van der Waals surface area contributed by atoms with Gasteiger partial charge in [0.25, 0.3) is 0 Å². The maximum atomic E-state index is 5.16. The molecule has 0 unspecified atom stereocenters. The number of fused-ring (bicyclic) bond motifs is 2. The molecule has 2 saturated carbocycles. The SMILES string of the molecule is CC1(Cc2ncc3cnn(-c4cccc(C(C)(C)c5cccc(-n6ncc7cnc(CC8(C)CCCCCC8)nc76)n5)n4)c3n2)CCCCCC1.[Pt]. The Morgan fingerprint density at radius 3 is 1.37 bits per heavy atom. The molecule has 11 heteroatoms. The minimum atomic E-state index is -0.514. The second-order valence-corrected chi connectivity index (χ2v) is 16.4. The van der Waals surface area contributed by atoms with Crippen molar-refractivity contribution >= 4 is 22.1 Å². The molecule has 6 aromatic heterocycles. The van der Waals surface area contributed by atoms with E-state index in [9.17, 15) is 0 Å². The topological polar surface area (TPSA) is 113 Å². The molecule has 10 nitrogen and oxygen atoms in total. The first-order chi connectivity index (χ1) is 24.7. The van der Waals surface area contributed by atoms with Crippen molar-refractivity contribution in [2.24, 2.45) is 10.8 Å². The van der Waals surface area contributed by atoms with Gasteiger partial charge in [0, 0.05) is 51.7 Å². The van der Waals surface area contributed by atoms with E-state index in [0.29, 0.717) is 0 Å². The van der Waals surface area contributed by atoms with Crippen LogP contribution in [0.15, 0.2) is 61.2 Å². The Hall–Kier alpha value is -3.91. The third kappa shape index (κ3) is 7.46. The van der Waals surface area contributed by atoms with Gasteiger partial charge in [0.15, 0.2) is 22.9 Å². The van der Waals surface area contributed by atoms with Gasteiger partial charge in [0.2, 0.25) is 0 Å². The predicted molar refractivity (Wildman–Crippen MR) is 200 cm³/mol. The molecule has 0 aliphatic heterocycles. The van der Waals surface area contributed by atoms with Crippen LogP contribution in [0.25, 0.3) is 33.7 Å². The largest absolute Gasteiger partial charge is 0.241 e. The monoisotopic (exact) mass is 877 g/mol. The first-order valence-corrected chi connectivity index (χ1v) is 19.0. The van der Waals surface area contributed by atoms with Crippen molar-refractivity contribution in [1.82, 2.24) is 49.5 Å². The second-order valence-electron chi connectivity index (χ2n) is 16.4. The summed E-state index contributed by atoms with van der Waals surface area (Å²) in [5, 5.41) is 11.3. The third-order valence-electron chi connectivity index (χ3n) is 11.7. The number of pyridine rings is 2. The predicted octanol–water partition coefficient (Wildman–Crippen LogP) is 8.86. The Bertz CT molecular complexity index is 2000. The maximum absolute atomic E-state index is 5.16. The number of nitrogens with zero attached hydrogens (tertiary/aromatic N) is 10. The molecule has 2 aliphatic rings. The quantitative estimate of drug-likeness (QED) is 0.140. The Labute approximate surface area is 321 Å². The molecule has 0 saturated heterocycles. The van der Waals surface area contributed by atoms with Crippen LogP contribution in [0.4, 0.5) is 0 Å². The van der Waals surface area contributed by atoms with Crippen molar-refractivity contribution in [3.05, 3.63) is 84.2 Å². The van der Waals surface area contributed by atoms with Crippen LogP contribution in [-0.2, 0) is 39.3 Å². The second kappa shape index (κ2) is 14.8. The van der Waals surface area contributed by atoms with Crippen LogP contribution in [0.5, 0.6) is 0 Å². The van der Waals surface area contributed by atoms with E-state index >= 15 is 0 Å². The molecular weight excluding hydrogens is 828 g/mol. The fourth-order valence-electron chi connectivity index (χ4n) is 8.40. The van der Waals surface area contributed by atoms with Gasteiger partial charge < -0.3 is 0 Å². The van der Waals surface area contributed by atoms with E-state index in [0.717, 1.165) is 69.6 Å². The summed E-state index contributed by atoms with van der Waals surface area (Å²) >= 11 is 0. The standard InChI is InChI=1S/C41H50N10.Pt/c1-39(2,31-15-13-17-35(46-31)50-37-29(27-44-50)25-42-33(48-37)23-40(3)19-9-5-6-10-20-40)32-16-14-18-36(47-32)51-38-30(28-45-51)26-43-34(49-38)24-41(4)21-11-7-8-12-22-41;/h13-18,25-28H,5-12,19-24H2,1-4H3;. The van der Waals surface area contributed by atoms with Crippen LogP contribution in [0, 0.1) is 10.8 Å². The summed E-state index contributed by atoms with van der Waals surface area (Å²) in [5.74, 6) is 3.21. The van der Waals surface area contributed by atoms with E-state index in [4.69, 9.17) is 40.1 Å². The van der Waals surface area contributed by atoms with E-state index in [-0.39, 0.29) is 31.9 Å². The molecule has 0 aromatic carbocycles. The van der Waals surface area contributed by atoms with E-state index in [2.05, 4.69) is 39.8 Å². The molecular formula is C41H50N10Pt. The van der Waals surface area contributed by atoms with Gasteiger partial charge in [0.1, 0.15) is 11.6 Å². The average Bonchev–Trinajstić information content (AvgIpc) is 3.60. The summed E-state index contributed by atoms with van der Waals surface area (Å²) < 4.78 is 3.70. The fourth-order valence-corrected chi connectivity index (χ4v) is 8.40. The molecule has 0 N–H and O–H groups in total. The zero-order valence-corrected chi connectivity index (χ0v) is 33.2. The Kier molecular flexibility index (Phi) is 10.4. The molecule has 274 valence electrons. The molecule has 0 radical (unpaired) electrons. The van der Waals surface area contributed by atoms with Gasteiger partial charge in [-0.15, -0.1) is 0 Å². The molecule has 2 fully saturated rings. The van der Waals surface area contributed by atoms with E-state index in [1.54, 1.807) is 0 Å². The molecule has 0 bridgehead atoms. The van der Waals surface area contributed by atoms with E-state index < -0.39 is 5.41 Å². The smallest absolute Gasteiger partial charge is 0.168 e. The van der Waals surface area contributed by atoms with Crippen molar-refractivity contribution in [3.63, 3.8) is 0 Å². The van der Waals surface area contributed by atoms with Crippen molar-refractivity contribution in [2.45, 2.75) is 123 Å². The van der Waals surface area contributed by atoms with E-state index in [1.807, 2.05) is 58.4 Å². The van der Waals surface area contributed by atoms with Gasteiger partial charge in [0.05, 0.1) is 34.6 Å². The normalized spacial score (nSPS) is 17.8. The third-order valence-corrected chi connectivity index (χ3v) is 11.7. The van der Waals surface area contributed by atoms with Crippen LogP contribution in [0.1, 0.15) is 128 Å². The summed E-state index contributed by atoms with van der Waals surface area (Å²) in [6.07, 6.45) is 24.6. The Morgan fingerprint density at radius 1 is 0.558 bits per heavy atom. The molecule has 0 spiro atoms. The summed E-state index contributed by atoms with van der Waals surface area (Å²) in [4.78, 5) is 30.0. The average molecular weight is 878 g/mol. The van der Waals surface area contributed by atoms with Gasteiger partial charge >= 0.3 is 0 Å². The number of hydrogen-bond donors (Lipinski definition) is 0. The van der Waals surface area contributed by atoms with Crippen molar-refractivity contribution in [1.29, 1.82) is 0 Å². The Morgan fingerprint density at radius 2 is 0.962 bits per heavy atom. The molecule has 8 rings (SSSR count). The molecule has 52 heavy (non-hydrogen) atoms. The summed E-state index contributed by atoms with van der Waals surface area (Å²) in [6.45, 7) is 9.13. The molecule has 0 atom stereocenters. The van der Waals surface area contributed by atoms with Gasteiger partial charge in [-0.3, -0.25) is 0 Å². The molecule has 0 amide bonds. The van der Waals surface area contributed by atoms with Gasteiger partial charge in [-0.25, -0.2) is 29.9 Å². The number of hydrogen-bond acceptors (Lipinski definition) is 8. The van der Waals surface area contributed by atoms with E-state index in [1.165, 1.54) is 77.0 Å². The van der Waals surface area contributed by atoms with Crippen molar-refractivity contribution in [2.75, 3.05) is 0 Å². The first-order valence-electron chi connectivity index (χ1n) is 19.0. The van der Waals surface area contributed by atoms with Crippen LogP contribution in [0.2, 0.25) is 0 Å². The maximum Gasteiger partial charge on any atom is 0.168 e. The zero-order chi connectivity index (χ0) is 35.1. The van der Waals surface area contributed by atoms with Crippen LogP contribution < -0.4 is 0 Å². The molecule has 6 aromatic rings. The van der Waals surface area contributed by atoms with Gasteiger partial charge in [-0.05, 0) is 74.6 Å². The summed E-state index contributed by atoms with van der Waals surface area (Å²) in [5.41, 5.74) is 3.33. The minimum Gasteiger partial charge on any atom is -0.241 e. The first kappa shape index (κ1) is 36.4. The summed E-state index contributed by atoms with van der Waals surface area (Å²) in [7, 11) is 0. The zero-order valence-electron chi connectivity index (χ0n) is 31.0. The number of rotatable bonds is 8. The molecule has 6 heterocycles. The van der Waals surface area contributed by atoms with Gasteiger partial charge in [-0.1, -0.05) is 77.3 Å². The Balaban J connectivity index is 0.00000420. The van der Waals surface area contributed by atoms with Crippen LogP contribution in [0.3, 0.4) is 0 Å². The fraction of sp³-hybridized carbons (Fsp3) is 0.512. The van der Waals surface area contributed by atoms with Gasteiger partial charge in [-0.2, -0.15) is 19.6 Å². The molecule has 2 aliphatic carbocycles. The van der Waals surface area contributed by atoms with Crippen molar-refractivity contribution < 1.29 is 21.1 Å². The minimum absolute atomic E-state index is 0. The van der Waals surface area contributed by atoms with Crippen LogP contribution >= 0.6 is 0 Å².